The van der Waals surface area contributed by atoms with Gasteiger partial charge < -0.3 is 20.3 Å². The minimum atomic E-state index is -0.190. The molecule has 1 aromatic heterocycles. The van der Waals surface area contributed by atoms with Crippen LogP contribution in [0.4, 0.5) is 5.82 Å². The lowest BCUT2D eigenvalue weighted by Gasteiger charge is -2.27. The Labute approximate surface area is 217 Å². The first-order chi connectivity index (χ1) is 18.1. The number of benzene rings is 2. The lowest BCUT2D eigenvalue weighted by molar-refractivity contribution is 0.0951. The van der Waals surface area contributed by atoms with Gasteiger partial charge in [-0.3, -0.25) is 14.2 Å². The maximum atomic E-state index is 13.8. The van der Waals surface area contributed by atoms with E-state index in [1.807, 2.05) is 44.3 Å². The Kier molecular flexibility index (Phi) is 7.55. The van der Waals surface area contributed by atoms with E-state index in [0.717, 1.165) is 62.1 Å². The first kappa shape index (κ1) is 25.0. The third-order valence-electron chi connectivity index (χ3n) is 7.10. The molecule has 2 fully saturated rings. The number of rotatable bonds is 10. The van der Waals surface area contributed by atoms with Gasteiger partial charge in [0.25, 0.3) is 11.5 Å². The van der Waals surface area contributed by atoms with Crippen molar-refractivity contribution in [3.05, 3.63) is 81.9 Å². The van der Waals surface area contributed by atoms with Gasteiger partial charge in [-0.05, 0) is 76.4 Å². The third kappa shape index (κ3) is 5.54. The Bertz CT molecular complexity index is 1320. The van der Waals surface area contributed by atoms with Crippen LogP contribution >= 0.6 is 0 Å². The smallest absolute Gasteiger partial charge is 0.298 e. The van der Waals surface area contributed by atoms with Gasteiger partial charge in [0.1, 0.15) is 5.75 Å². The van der Waals surface area contributed by atoms with Crippen molar-refractivity contribution in [2.75, 3.05) is 31.6 Å². The Balaban J connectivity index is 1.44. The van der Waals surface area contributed by atoms with Gasteiger partial charge in [0.2, 0.25) is 0 Å². The number of ether oxygens (including phenoxy) is 1. The summed E-state index contributed by atoms with van der Waals surface area (Å²) in [6, 6.07) is 13.9. The molecule has 1 aliphatic heterocycles. The molecule has 1 saturated heterocycles. The topological polar surface area (TPSA) is 88.5 Å². The minimum Gasteiger partial charge on any atom is -0.493 e. The highest BCUT2D eigenvalue weighted by Gasteiger charge is 2.31. The molecule has 2 aliphatic rings. The van der Waals surface area contributed by atoms with E-state index in [1.165, 1.54) is 0 Å². The average Bonchev–Trinajstić information content (AvgIpc) is 3.59. The van der Waals surface area contributed by atoms with Crippen molar-refractivity contribution in [1.82, 2.24) is 20.2 Å². The van der Waals surface area contributed by atoms with Crippen molar-refractivity contribution in [3.63, 3.8) is 0 Å². The summed E-state index contributed by atoms with van der Waals surface area (Å²) in [5, 5.41) is 6.17. The number of carbonyl (C=O) groups is 1. The number of nitrogens with zero attached hydrogens (tertiary/aromatic N) is 3. The summed E-state index contributed by atoms with van der Waals surface area (Å²) < 4.78 is 7.75. The van der Waals surface area contributed by atoms with E-state index in [2.05, 4.69) is 26.6 Å². The summed E-state index contributed by atoms with van der Waals surface area (Å²) >= 11 is 0. The van der Waals surface area contributed by atoms with Crippen LogP contribution in [0.5, 0.6) is 5.75 Å². The van der Waals surface area contributed by atoms with Gasteiger partial charge in [0.15, 0.2) is 5.82 Å². The number of nitrogens with one attached hydrogen (secondary N) is 2. The Morgan fingerprint density at radius 1 is 1.16 bits per heavy atom. The number of amides is 1. The first-order valence-electron chi connectivity index (χ1n) is 13.2. The van der Waals surface area contributed by atoms with Gasteiger partial charge in [0.05, 0.1) is 18.3 Å². The fraction of sp³-hybridized carbons (Fsp3) is 0.414. The molecule has 2 aromatic carbocycles. The molecule has 8 nitrogen and oxygen atoms in total. The lowest BCUT2D eigenvalue weighted by Crippen LogP contribution is -2.33. The highest BCUT2D eigenvalue weighted by Crippen LogP contribution is 2.38. The Morgan fingerprint density at radius 3 is 2.81 bits per heavy atom. The molecule has 194 valence electrons. The average molecular weight is 502 g/mol. The number of para-hydroxylation sites is 1. The van der Waals surface area contributed by atoms with E-state index in [4.69, 9.17) is 4.74 Å². The largest absolute Gasteiger partial charge is 0.493 e. The summed E-state index contributed by atoms with van der Waals surface area (Å²) in [4.78, 5) is 33.1. The molecule has 37 heavy (non-hydrogen) atoms. The zero-order valence-corrected chi connectivity index (χ0v) is 21.6. The second-order valence-corrected chi connectivity index (χ2v) is 9.87. The molecule has 2 N–H and O–H groups in total. The fourth-order valence-electron chi connectivity index (χ4n) is 4.96. The highest BCUT2D eigenvalue weighted by atomic mass is 16.5. The monoisotopic (exact) mass is 501 g/mol. The minimum absolute atomic E-state index is 0.00769. The van der Waals surface area contributed by atoms with Crippen molar-refractivity contribution in [3.8, 4) is 11.4 Å². The second-order valence-electron chi connectivity index (χ2n) is 9.87. The van der Waals surface area contributed by atoms with Crippen LogP contribution in [-0.4, -0.2) is 48.2 Å². The predicted octanol–water partition coefficient (Wildman–Crippen LogP) is 3.76. The summed E-state index contributed by atoms with van der Waals surface area (Å²) in [6.07, 6.45) is 8.20. The van der Waals surface area contributed by atoms with Crippen LogP contribution in [0.2, 0.25) is 0 Å². The van der Waals surface area contributed by atoms with Gasteiger partial charge in [-0.15, -0.1) is 0 Å². The van der Waals surface area contributed by atoms with E-state index >= 15 is 0 Å². The molecule has 0 spiro atoms. The van der Waals surface area contributed by atoms with Crippen LogP contribution in [0.3, 0.4) is 0 Å². The number of hydrogen-bond acceptors (Lipinski definition) is 6. The van der Waals surface area contributed by atoms with Gasteiger partial charge in [-0.1, -0.05) is 24.3 Å². The van der Waals surface area contributed by atoms with E-state index in [0.29, 0.717) is 23.7 Å². The van der Waals surface area contributed by atoms with Crippen molar-refractivity contribution >= 4 is 11.7 Å². The van der Waals surface area contributed by atoms with Crippen LogP contribution in [0.1, 0.15) is 59.6 Å². The van der Waals surface area contributed by atoms with Crippen LogP contribution in [-0.2, 0) is 0 Å². The van der Waals surface area contributed by atoms with Gasteiger partial charge in [-0.2, -0.15) is 0 Å². The van der Waals surface area contributed by atoms with Crippen LogP contribution in [0.15, 0.2) is 59.7 Å². The summed E-state index contributed by atoms with van der Waals surface area (Å²) in [7, 11) is 1.94. The van der Waals surface area contributed by atoms with E-state index in [9.17, 15) is 9.59 Å². The lowest BCUT2D eigenvalue weighted by atomic mass is 10.0. The molecule has 1 amide bonds. The first-order valence-corrected chi connectivity index (χ1v) is 13.2. The molecule has 0 unspecified atom stereocenters. The maximum Gasteiger partial charge on any atom is 0.298 e. The molecule has 5 rings (SSSR count). The summed E-state index contributed by atoms with van der Waals surface area (Å²) in [5.41, 5.74) is 3.06. The van der Waals surface area contributed by atoms with Crippen LogP contribution in [0.25, 0.3) is 5.69 Å². The van der Waals surface area contributed by atoms with E-state index in [1.54, 1.807) is 23.0 Å². The van der Waals surface area contributed by atoms with Gasteiger partial charge >= 0.3 is 0 Å². The fourth-order valence-corrected chi connectivity index (χ4v) is 4.96. The van der Waals surface area contributed by atoms with Gasteiger partial charge in [-0.25, -0.2) is 4.98 Å². The summed E-state index contributed by atoms with van der Waals surface area (Å²) in [5.74, 6) is 1.18. The molecular weight excluding hydrogens is 466 g/mol. The van der Waals surface area contributed by atoms with E-state index in [-0.39, 0.29) is 23.6 Å². The number of hydrogen-bond donors (Lipinski definition) is 2. The SMILES string of the molecule is CNCCCOc1ccccc1[C@H]1CCCN1c1nccn(-c2cc(C(=O)NC3CC3)ccc2C)c1=O. The molecule has 8 heteroatoms. The zero-order chi connectivity index (χ0) is 25.8. The molecule has 2 heterocycles. The van der Waals surface area contributed by atoms with Gasteiger partial charge in [0, 0.05) is 36.1 Å². The quantitative estimate of drug-likeness (QED) is 0.411. The van der Waals surface area contributed by atoms with Crippen molar-refractivity contribution in [2.24, 2.45) is 0 Å². The zero-order valence-electron chi connectivity index (χ0n) is 21.6. The standard InChI is InChI=1S/C29H35N5O3/c1-20-10-11-21(28(35)32-22-12-13-22)19-25(20)34-17-15-31-27(29(34)36)33-16-5-8-24(33)23-7-3-4-9-26(23)37-18-6-14-30-2/h3-4,7,9-11,15,17,19,22,24,30H,5-6,8,12-14,16,18H2,1-2H3,(H,32,35)/t24-/m1/s1. The maximum absolute atomic E-state index is 13.8. The normalized spacial score (nSPS) is 17.1. The molecule has 3 aromatic rings. The highest BCUT2D eigenvalue weighted by molar-refractivity contribution is 5.95. The molecule has 1 atom stereocenters. The number of carbonyl (C=O) groups excluding carboxylic acids is 1. The molecule has 1 aliphatic carbocycles. The van der Waals surface area contributed by atoms with Crippen LogP contribution in [0, 0.1) is 6.92 Å². The number of aryl methyl sites for hydroxylation is 1. The van der Waals surface area contributed by atoms with Crippen molar-refractivity contribution in [2.45, 2.75) is 51.1 Å². The summed E-state index contributed by atoms with van der Waals surface area (Å²) in [6.45, 7) is 4.22. The molecular formula is C29H35N5O3. The predicted molar refractivity (Wildman–Crippen MR) is 145 cm³/mol. The Hall–Kier alpha value is -3.65. The molecule has 0 bridgehead atoms. The van der Waals surface area contributed by atoms with Crippen molar-refractivity contribution in [1.29, 1.82) is 0 Å². The molecule has 0 radical (unpaired) electrons. The second kappa shape index (κ2) is 11.2. The Morgan fingerprint density at radius 2 is 2.00 bits per heavy atom. The number of anilines is 1. The third-order valence-corrected chi connectivity index (χ3v) is 7.10. The van der Waals surface area contributed by atoms with Crippen molar-refractivity contribution < 1.29 is 9.53 Å². The van der Waals surface area contributed by atoms with E-state index < -0.39 is 0 Å². The number of aromatic nitrogens is 2. The molecule has 1 saturated carbocycles. The van der Waals surface area contributed by atoms with Crippen LogP contribution < -0.4 is 25.8 Å².